The summed E-state index contributed by atoms with van der Waals surface area (Å²) in [7, 11) is -6.86. The van der Waals surface area contributed by atoms with Crippen LogP contribution < -0.4 is 10.3 Å². The minimum Gasteiger partial charge on any atom is -0.475 e. The molecule has 10 nitrogen and oxygen atoms in total. The van der Waals surface area contributed by atoms with E-state index in [1.54, 1.807) is 0 Å². The van der Waals surface area contributed by atoms with E-state index in [0.717, 1.165) is 25.7 Å². The van der Waals surface area contributed by atoms with Gasteiger partial charge in [0.05, 0.1) is 20.4 Å². The van der Waals surface area contributed by atoms with Crippen LogP contribution in [0.3, 0.4) is 0 Å². The highest BCUT2D eigenvalue weighted by Gasteiger charge is 2.40. The lowest BCUT2D eigenvalue weighted by Crippen LogP contribution is -2.38. The second-order valence-corrected chi connectivity index (χ2v) is 18.4. The SMILES string of the molecule is CC(C)(C)[Si](C)(C)N=S(N)(=O)C1CC1.N=S(N)(=O)C1CC1.O=C(O)C(F)(F)F.O=C(O)C(F)(F)F. The molecule has 0 aromatic carbocycles. The summed E-state index contributed by atoms with van der Waals surface area (Å²) in [5, 5.41) is 25.3. The predicted octanol–water partition coefficient (Wildman–Crippen LogP) is 3.83. The van der Waals surface area contributed by atoms with Crippen molar-refractivity contribution in [3.63, 3.8) is 0 Å². The smallest absolute Gasteiger partial charge is 0.475 e. The van der Waals surface area contributed by atoms with Crippen molar-refractivity contribution in [2.24, 2.45) is 14.3 Å². The molecule has 0 heterocycles. The number of hydrogen-bond acceptors (Lipinski definition) is 6. The Hall–Kier alpha value is -1.44. The van der Waals surface area contributed by atoms with Gasteiger partial charge in [0, 0.05) is 0 Å². The highest BCUT2D eigenvalue weighted by Crippen LogP contribution is 2.39. The molecule has 0 bridgehead atoms. The van der Waals surface area contributed by atoms with Gasteiger partial charge in [0.2, 0.25) is 0 Å². The minimum atomic E-state index is -5.08. The van der Waals surface area contributed by atoms with Crippen molar-refractivity contribution in [1.82, 2.24) is 0 Å². The van der Waals surface area contributed by atoms with Crippen molar-refractivity contribution < 1.29 is 54.6 Å². The molecule has 0 aromatic heterocycles. The van der Waals surface area contributed by atoms with E-state index >= 15 is 0 Å². The zero-order chi connectivity index (χ0) is 28.8. The number of carboxylic acid groups (broad SMARTS) is 2. The van der Waals surface area contributed by atoms with Gasteiger partial charge in [-0.05, 0) is 43.8 Å². The van der Waals surface area contributed by atoms with Crippen LogP contribution in [0.1, 0.15) is 46.5 Å². The van der Waals surface area contributed by atoms with Gasteiger partial charge in [-0.25, -0.2) is 33.1 Å². The van der Waals surface area contributed by atoms with Gasteiger partial charge >= 0.3 is 24.3 Å². The van der Waals surface area contributed by atoms with Gasteiger partial charge in [-0.1, -0.05) is 20.8 Å². The topological polar surface area (TPSA) is 197 Å². The van der Waals surface area contributed by atoms with Crippen LogP contribution in [0.5, 0.6) is 0 Å². The Morgan fingerprint density at radius 3 is 1.23 bits per heavy atom. The van der Waals surface area contributed by atoms with Gasteiger partial charge in [0.15, 0.2) is 8.24 Å². The first-order chi connectivity index (χ1) is 15.1. The lowest BCUT2D eigenvalue weighted by atomic mass is 10.2. The molecule has 19 heteroatoms. The van der Waals surface area contributed by atoms with E-state index in [2.05, 4.69) is 37.9 Å². The molecular weight excluding hydrogens is 550 g/mol. The van der Waals surface area contributed by atoms with E-state index in [-0.39, 0.29) is 15.5 Å². The standard InChI is InChI=1S/C9H22N2OSSi.C3H8N2OS.2C2HF3O2/c1-9(2,3)14(4,5)11-13(10,12)8-6-7-8;4-7(5,6)3-1-2-3;2*3-2(4,5)1(6)7/h8H,6-7H2,1-5H3,(H2,10,11,12);3H,1-2H2,(H3,4,5,6);2*(H,6,7). The summed E-state index contributed by atoms with van der Waals surface area (Å²) in [6, 6.07) is 0. The van der Waals surface area contributed by atoms with E-state index in [1.807, 2.05) is 0 Å². The summed E-state index contributed by atoms with van der Waals surface area (Å²) in [4.78, 5) is 17.8. The summed E-state index contributed by atoms with van der Waals surface area (Å²) in [5.74, 6) is -5.51. The number of carbonyl (C=O) groups is 2. The Kier molecular flexibility index (Phi) is 12.4. The maximum atomic E-state index is 12.1. The van der Waals surface area contributed by atoms with Gasteiger partial charge in [-0.3, -0.25) is 4.03 Å². The first-order valence-electron chi connectivity index (χ1n) is 9.76. The summed E-state index contributed by atoms with van der Waals surface area (Å²) in [5.41, 5.74) is 0. The fourth-order valence-electron chi connectivity index (χ4n) is 1.39. The van der Waals surface area contributed by atoms with Gasteiger partial charge in [-0.2, -0.15) is 26.3 Å². The number of halogens is 6. The number of carboxylic acids is 2. The molecule has 2 unspecified atom stereocenters. The summed E-state index contributed by atoms with van der Waals surface area (Å²) in [6.07, 6.45) is -6.40. The van der Waals surface area contributed by atoms with E-state index in [0.29, 0.717) is 0 Å². The van der Waals surface area contributed by atoms with Crippen LogP contribution in [0.2, 0.25) is 18.1 Å². The second kappa shape index (κ2) is 12.2. The fraction of sp³-hybridized carbons (Fsp3) is 0.875. The number of alkyl halides is 6. The molecule has 0 radical (unpaired) electrons. The van der Waals surface area contributed by atoms with Crippen LogP contribution in [0, 0.1) is 4.78 Å². The maximum absolute atomic E-state index is 12.1. The lowest BCUT2D eigenvalue weighted by Gasteiger charge is -2.32. The van der Waals surface area contributed by atoms with Gasteiger partial charge in [0.1, 0.15) is 9.92 Å². The molecule has 0 spiro atoms. The molecule has 0 aliphatic heterocycles. The number of nitrogens with two attached hydrogens (primary N) is 2. The third kappa shape index (κ3) is 16.0. The van der Waals surface area contributed by atoms with Gasteiger partial charge < -0.3 is 10.2 Å². The first kappa shape index (κ1) is 35.7. The summed E-state index contributed by atoms with van der Waals surface area (Å²) >= 11 is 0. The number of nitrogens with one attached hydrogen (secondary N) is 1. The van der Waals surface area contributed by atoms with Crippen molar-refractivity contribution in [2.45, 2.75) is 87.4 Å². The van der Waals surface area contributed by atoms with Crippen LogP contribution in [0.15, 0.2) is 4.03 Å². The van der Waals surface area contributed by atoms with Gasteiger partial charge in [0.25, 0.3) is 0 Å². The molecule has 35 heavy (non-hydrogen) atoms. The molecule has 0 amide bonds. The average molecular weight is 583 g/mol. The molecule has 2 rings (SSSR count). The summed E-state index contributed by atoms with van der Waals surface area (Å²) in [6.45, 7) is 10.8. The van der Waals surface area contributed by atoms with Crippen molar-refractivity contribution in [2.75, 3.05) is 0 Å². The Morgan fingerprint density at radius 2 is 1.11 bits per heavy atom. The molecule has 2 fully saturated rings. The van der Waals surface area contributed by atoms with Crippen molar-refractivity contribution in [1.29, 1.82) is 4.78 Å². The van der Waals surface area contributed by atoms with Crippen molar-refractivity contribution >= 4 is 40.0 Å². The number of rotatable bonds is 3. The van der Waals surface area contributed by atoms with Crippen molar-refractivity contribution in [3.8, 4) is 0 Å². The van der Waals surface area contributed by atoms with Crippen LogP contribution in [0.25, 0.3) is 0 Å². The molecule has 2 atom stereocenters. The number of aliphatic carboxylic acids is 2. The molecule has 7 N–H and O–H groups in total. The highest BCUT2D eigenvalue weighted by atomic mass is 32.2. The molecule has 0 saturated heterocycles. The second-order valence-electron chi connectivity index (χ2n) is 9.17. The first-order valence-corrected chi connectivity index (χ1v) is 16.0. The van der Waals surface area contributed by atoms with Crippen LogP contribution >= 0.6 is 0 Å². The van der Waals surface area contributed by atoms with E-state index in [9.17, 15) is 34.8 Å². The monoisotopic (exact) mass is 582 g/mol. The largest absolute Gasteiger partial charge is 0.490 e. The van der Waals surface area contributed by atoms with Gasteiger partial charge in [-0.15, -0.1) is 0 Å². The van der Waals surface area contributed by atoms with E-state index in [1.165, 1.54) is 0 Å². The zero-order valence-corrected chi connectivity index (χ0v) is 22.3. The quantitative estimate of drug-likeness (QED) is 0.247. The molecular formula is C16H32F6N4O6S2Si. The Balaban J connectivity index is 0. The Bertz CT molecular complexity index is 938. The normalized spacial score (nSPS) is 19.6. The van der Waals surface area contributed by atoms with E-state index in [4.69, 9.17) is 34.9 Å². The van der Waals surface area contributed by atoms with Crippen LogP contribution in [0.4, 0.5) is 26.3 Å². The third-order valence-corrected chi connectivity index (χ3v) is 14.2. The Labute approximate surface area is 201 Å². The van der Waals surface area contributed by atoms with Crippen LogP contribution in [-0.4, -0.2) is 61.7 Å². The molecule has 2 aliphatic rings. The molecule has 0 aromatic rings. The minimum absolute atomic E-state index is 0.0208. The lowest BCUT2D eigenvalue weighted by molar-refractivity contribution is -0.193. The molecule has 2 saturated carbocycles. The molecule has 2 aliphatic carbocycles. The average Bonchev–Trinajstić information content (AvgIpc) is 3.44. The van der Waals surface area contributed by atoms with E-state index < -0.39 is 52.4 Å². The van der Waals surface area contributed by atoms with Crippen molar-refractivity contribution in [3.05, 3.63) is 0 Å². The third-order valence-electron chi connectivity index (χ3n) is 4.71. The maximum Gasteiger partial charge on any atom is 0.490 e. The zero-order valence-electron chi connectivity index (χ0n) is 19.7. The molecule has 210 valence electrons. The fourth-order valence-corrected chi connectivity index (χ4v) is 7.59. The summed E-state index contributed by atoms with van der Waals surface area (Å²) < 4.78 is 97.2. The number of hydrogen-bond donors (Lipinski definition) is 5. The number of nitrogens with zero attached hydrogens (tertiary/aromatic N) is 1. The Morgan fingerprint density at radius 1 is 0.857 bits per heavy atom. The van der Waals surface area contributed by atoms with Crippen LogP contribution in [-0.2, 0) is 29.4 Å². The predicted molar refractivity (Wildman–Crippen MR) is 120 cm³/mol. The highest BCUT2D eigenvalue weighted by molar-refractivity contribution is 7.93.